The number of hydrogen-bond donors (Lipinski definition) is 3. The van der Waals surface area contributed by atoms with Crippen molar-refractivity contribution >= 4 is 43.9 Å². The van der Waals surface area contributed by atoms with Gasteiger partial charge in [-0.05, 0) is 49.2 Å². The Kier molecular flexibility index (Phi) is 5.23. The average molecular weight is 467 g/mol. The lowest BCUT2D eigenvalue weighted by molar-refractivity contribution is 0.0859. The summed E-state index contributed by atoms with van der Waals surface area (Å²) in [6, 6.07) is 13.2. The number of nitrogens with two attached hydrogens (primary N) is 2. The van der Waals surface area contributed by atoms with Crippen LogP contribution in [-0.2, 0) is 14.8 Å². The number of aromatic nitrogens is 3. The molecule has 10 nitrogen and oxygen atoms in total. The van der Waals surface area contributed by atoms with Gasteiger partial charge in [0.1, 0.15) is 16.9 Å². The van der Waals surface area contributed by atoms with E-state index in [4.69, 9.17) is 20.6 Å². The van der Waals surface area contributed by atoms with Crippen LogP contribution in [0.5, 0.6) is 0 Å². The largest absolute Gasteiger partial charge is 0.384 e. The molecule has 2 aromatic heterocycles. The van der Waals surface area contributed by atoms with Crippen LogP contribution in [0.25, 0.3) is 27.9 Å². The number of nitrogens with zero attached hydrogens (tertiary/aromatic N) is 3. The van der Waals surface area contributed by atoms with Gasteiger partial charge in [0, 0.05) is 18.8 Å². The number of ether oxygens (including phenoxy) is 1. The van der Waals surface area contributed by atoms with Gasteiger partial charge in [0.25, 0.3) is 5.91 Å². The highest BCUT2D eigenvalue weighted by molar-refractivity contribution is 7.89. The number of sulfonamides is 1. The van der Waals surface area contributed by atoms with E-state index >= 15 is 0 Å². The molecule has 1 amide bonds. The lowest BCUT2D eigenvalue weighted by atomic mass is 10.2. The van der Waals surface area contributed by atoms with E-state index in [9.17, 15) is 13.2 Å². The second-order valence-electron chi connectivity index (χ2n) is 7.86. The number of hydrogen-bond acceptors (Lipinski definition) is 7. The van der Waals surface area contributed by atoms with Gasteiger partial charge in [-0.25, -0.2) is 23.5 Å². The molecule has 170 valence electrons. The van der Waals surface area contributed by atoms with Crippen LogP contribution in [0.3, 0.4) is 0 Å². The SMILES string of the molecule is Nc1c(C(=O)NC[C@H]2CCCO2)c2nc3ccccc3nc2n1-c1ccc(S(N)(=O)=O)cc1. The maximum atomic E-state index is 13.2. The zero-order chi connectivity index (χ0) is 23.2. The van der Waals surface area contributed by atoms with Crippen LogP contribution in [-0.4, -0.2) is 48.1 Å². The zero-order valence-electron chi connectivity index (χ0n) is 17.6. The van der Waals surface area contributed by atoms with Crippen LogP contribution in [0.1, 0.15) is 23.2 Å². The first-order chi connectivity index (χ1) is 15.8. The summed E-state index contributed by atoms with van der Waals surface area (Å²) in [6.45, 7) is 1.06. The Labute approximate surface area is 189 Å². The Morgan fingerprint density at radius 3 is 2.45 bits per heavy atom. The van der Waals surface area contributed by atoms with Crippen molar-refractivity contribution in [3.05, 3.63) is 54.1 Å². The minimum atomic E-state index is -3.85. The molecule has 0 bridgehead atoms. The van der Waals surface area contributed by atoms with Crippen LogP contribution in [0.4, 0.5) is 5.82 Å². The third-order valence-electron chi connectivity index (χ3n) is 5.66. The van der Waals surface area contributed by atoms with Gasteiger partial charge in [-0.2, -0.15) is 0 Å². The van der Waals surface area contributed by atoms with Crippen molar-refractivity contribution in [2.24, 2.45) is 5.14 Å². The molecule has 5 N–H and O–H groups in total. The summed E-state index contributed by atoms with van der Waals surface area (Å²) >= 11 is 0. The molecule has 0 radical (unpaired) electrons. The number of benzene rings is 2. The number of para-hydroxylation sites is 2. The molecular weight excluding hydrogens is 444 g/mol. The molecule has 33 heavy (non-hydrogen) atoms. The maximum Gasteiger partial charge on any atom is 0.257 e. The molecule has 4 aromatic rings. The number of amides is 1. The van der Waals surface area contributed by atoms with Crippen molar-refractivity contribution in [1.82, 2.24) is 19.9 Å². The Bertz CT molecular complexity index is 1470. The standard InChI is InChI=1S/C22H22N6O4S/c23-20-18(22(29)25-12-14-4-3-11-32-14)19-21(27-17-6-2-1-5-16(17)26-19)28(20)13-7-9-15(10-8-13)33(24,30)31/h1-2,5-10,14H,3-4,11-12,23H2,(H,25,29)(H2,24,30,31)/t14-/m1/s1. The maximum absolute atomic E-state index is 13.2. The van der Waals surface area contributed by atoms with Crippen molar-refractivity contribution in [2.45, 2.75) is 23.8 Å². The van der Waals surface area contributed by atoms with Crippen molar-refractivity contribution in [1.29, 1.82) is 0 Å². The van der Waals surface area contributed by atoms with Gasteiger partial charge in [-0.15, -0.1) is 0 Å². The topological polar surface area (TPSA) is 155 Å². The molecule has 11 heteroatoms. The molecule has 5 rings (SSSR count). The number of primary sulfonamides is 1. The summed E-state index contributed by atoms with van der Waals surface area (Å²) < 4.78 is 30.5. The Morgan fingerprint density at radius 1 is 1.12 bits per heavy atom. The van der Waals surface area contributed by atoms with Crippen molar-refractivity contribution in [2.75, 3.05) is 18.9 Å². The zero-order valence-corrected chi connectivity index (χ0v) is 18.4. The fraction of sp³-hybridized carbons (Fsp3) is 0.227. The number of anilines is 1. The van der Waals surface area contributed by atoms with E-state index in [0.717, 1.165) is 12.8 Å². The van der Waals surface area contributed by atoms with E-state index in [1.807, 2.05) is 24.3 Å². The van der Waals surface area contributed by atoms with Gasteiger partial charge < -0.3 is 15.8 Å². The average Bonchev–Trinajstić information content (AvgIpc) is 3.41. The van der Waals surface area contributed by atoms with E-state index in [1.54, 1.807) is 16.7 Å². The molecule has 3 heterocycles. The first-order valence-corrected chi connectivity index (χ1v) is 12.0. The molecule has 1 saturated heterocycles. The van der Waals surface area contributed by atoms with Crippen LogP contribution >= 0.6 is 0 Å². The van der Waals surface area contributed by atoms with Crippen LogP contribution in [0, 0.1) is 0 Å². The number of rotatable bonds is 5. The fourth-order valence-electron chi connectivity index (χ4n) is 4.03. The Hall–Kier alpha value is -3.54. The summed E-state index contributed by atoms with van der Waals surface area (Å²) in [5.74, 6) is -0.231. The van der Waals surface area contributed by atoms with Gasteiger partial charge in [-0.3, -0.25) is 9.36 Å². The van der Waals surface area contributed by atoms with Gasteiger partial charge in [0.05, 0.1) is 22.0 Å². The van der Waals surface area contributed by atoms with E-state index in [-0.39, 0.29) is 28.3 Å². The first-order valence-electron chi connectivity index (χ1n) is 10.4. The number of nitrogen functional groups attached to an aromatic ring is 1. The summed E-state index contributed by atoms with van der Waals surface area (Å²) in [6.07, 6.45) is 1.83. The number of fused-ring (bicyclic) bond motifs is 2. The summed E-state index contributed by atoms with van der Waals surface area (Å²) in [5, 5.41) is 8.11. The number of carbonyl (C=O) groups excluding carboxylic acids is 1. The van der Waals surface area contributed by atoms with Crippen LogP contribution < -0.4 is 16.2 Å². The molecule has 0 saturated carbocycles. The predicted octanol–water partition coefficient (Wildman–Crippen LogP) is 1.71. The highest BCUT2D eigenvalue weighted by atomic mass is 32.2. The normalized spacial score (nSPS) is 16.5. The van der Waals surface area contributed by atoms with Gasteiger partial charge in [0.2, 0.25) is 10.0 Å². The highest BCUT2D eigenvalue weighted by Crippen LogP contribution is 2.31. The van der Waals surface area contributed by atoms with Crippen LogP contribution in [0.2, 0.25) is 0 Å². The number of nitrogens with one attached hydrogen (secondary N) is 1. The first kappa shape index (κ1) is 21.3. The molecule has 0 aliphatic carbocycles. The van der Waals surface area contributed by atoms with Crippen molar-refractivity contribution in [3.8, 4) is 5.69 Å². The molecular formula is C22H22N6O4S. The van der Waals surface area contributed by atoms with Gasteiger partial charge in [0.15, 0.2) is 5.65 Å². The molecule has 0 spiro atoms. The highest BCUT2D eigenvalue weighted by Gasteiger charge is 2.26. The minimum Gasteiger partial charge on any atom is -0.384 e. The summed E-state index contributed by atoms with van der Waals surface area (Å²) in [4.78, 5) is 22.5. The predicted molar refractivity (Wildman–Crippen MR) is 123 cm³/mol. The third kappa shape index (κ3) is 3.90. The molecule has 2 aromatic carbocycles. The third-order valence-corrected chi connectivity index (χ3v) is 6.59. The summed E-state index contributed by atoms with van der Waals surface area (Å²) in [7, 11) is -3.85. The molecule has 1 aliphatic rings. The van der Waals surface area contributed by atoms with Crippen LogP contribution in [0.15, 0.2) is 53.4 Å². The quantitative estimate of drug-likeness (QED) is 0.404. The second kappa shape index (κ2) is 8.10. The monoisotopic (exact) mass is 466 g/mol. The lowest BCUT2D eigenvalue weighted by Crippen LogP contribution is -2.32. The Morgan fingerprint density at radius 2 is 1.82 bits per heavy atom. The lowest BCUT2D eigenvalue weighted by Gasteiger charge is -2.11. The number of carbonyl (C=O) groups is 1. The molecule has 0 unspecified atom stereocenters. The Balaban J connectivity index is 1.65. The molecule has 1 atom stereocenters. The van der Waals surface area contributed by atoms with Crippen molar-refractivity contribution in [3.63, 3.8) is 0 Å². The summed E-state index contributed by atoms with van der Waals surface area (Å²) in [5.41, 5.74) is 9.19. The fourth-order valence-corrected chi connectivity index (χ4v) is 4.55. The van der Waals surface area contributed by atoms with E-state index < -0.39 is 10.0 Å². The van der Waals surface area contributed by atoms with E-state index in [2.05, 4.69) is 10.3 Å². The smallest absolute Gasteiger partial charge is 0.257 e. The van der Waals surface area contributed by atoms with E-state index in [1.165, 1.54) is 12.1 Å². The van der Waals surface area contributed by atoms with Gasteiger partial charge >= 0.3 is 0 Å². The molecule has 1 fully saturated rings. The van der Waals surface area contributed by atoms with Gasteiger partial charge in [-0.1, -0.05) is 12.1 Å². The van der Waals surface area contributed by atoms with E-state index in [0.29, 0.717) is 41.0 Å². The molecule has 1 aliphatic heterocycles. The second-order valence-corrected chi connectivity index (χ2v) is 9.43. The van der Waals surface area contributed by atoms with Crippen molar-refractivity contribution < 1.29 is 17.9 Å². The minimum absolute atomic E-state index is 0.0267.